The summed E-state index contributed by atoms with van der Waals surface area (Å²) in [5.41, 5.74) is 1.56. The highest BCUT2D eigenvalue weighted by Gasteiger charge is 2.34. The highest BCUT2D eigenvalue weighted by molar-refractivity contribution is 6.30. The molecule has 1 aliphatic heterocycles. The average molecular weight is 278 g/mol. The van der Waals surface area contributed by atoms with Crippen molar-refractivity contribution in [1.82, 2.24) is 9.99 Å². The number of hydrazine groups is 1. The number of carbonyl (C=O) groups is 1. The van der Waals surface area contributed by atoms with Crippen molar-refractivity contribution >= 4 is 23.3 Å². The van der Waals surface area contributed by atoms with Gasteiger partial charge in [0.2, 0.25) is 0 Å². The molecule has 2 rings (SSSR count). The Kier molecular flexibility index (Phi) is 3.16. The van der Waals surface area contributed by atoms with Crippen molar-refractivity contribution in [2.75, 3.05) is 12.0 Å². The summed E-state index contributed by atoms with van der Waals surface area (Å²) in [6.45, 7) is 0.319. The van der Waals surface area contributed by atoms with Gasteiger partial charge in [-0.1, -0.05) is 17.7 Å². The van der Waals surface area contributed by atoms with Gasteiger partial charge < -0.3 is 0 Å². The minimum atomic E-state index is -4.55. The zero-order valence-electron chi connectivity index (χ0n) is 8.83. The van der Waals surface area contributed by atoms with Gasteiger partial charge in [0.15, 0.2) is 0 Å². The van der Waals surface area contributed by atoms with Crippen LogP contribution in [0.25, 0.3) is 0 Å². The van der Waals surface area contributed by atoms with E-state index in [1.807, 2.05) is 0 Å². The lowest BCUT2D eigenvalue weighted by Crippen LogP contribution is -2.31. The van der Waals surface area contributed by atoms with Crippen LogP contribution in [0.1, 0.15) is 5.56 Å². The van der Waals surface area contributed by atoms with E-state index >= 15 is 0 Å². The quantitative estimate of drug-likeness (QED) is 0.845. The number of anilines is 1. The topological polar surface area (TPSA) is 45.2 Å². The number of hydrogen-bond donors (Lipinski definition) is 1. The summed E-state index contributed by atoms with van der Waals surface area (Å²) in [6.07, 6.45) is -1.59. The second kappa shape index (κ2) is 4.49. The average Bonchev–Trinajstić information content (AvgIpc) is 2.62. The van der Waals surface area contributed by atoms with E-state index in [4.69, 9.17) is 11.6 Å². The van der Waals surface area contributed by atoms with Crippen molar-refractivity contribution < 1.29 is 18.0 Å². The molecule has 18 heavy (non-hydrogen) atoms. The maximum Gasteiger partial charge on any atom is 0.419 e. The first-order valence-corrected chi connectivity index (χ1v) is 5.24. The number of rotatable bonds is 2. The van der Waals surface area contributed by atoms with Gasteiger partial charge in [0.25, 0.3) is 5.91 Å². The lowest BCUT2D eigenvalue weighted by molar-refractivity contribution is -0.137. The molecule has 0 fully saturated rings. The third kappa shape index (κ3) is 2.56. The predicted molar refractivity (Wildman–Crippen MR) is 58.7 cm³/mol. The third-order valence-corrected chi connectivity index (χ3v) is 2.51. The Hall–Kier alpha value is -1.76. The fourth-order valence-electron chi connectivity index (χ4n) is 1.39. The van der Waals surface area contributed by atoms with Gasteiger partial charge in [-0.25, -0.2) is 9.99 Å². The molecule has 0 aliphatic carbocycles. The molecule has 4 nitrogen and oxygen atoms in total. The maximum absolute atomic E-state index is 12.4. The molecule has 0 aromatic carbocycles. The van der Waals surface area contributed by atoms with Gasteiger partial charge in [0.05, 0.1) is 12.1 Å². The molecule has 1 aromatic heterocycles. The van der Waals surface area contributed by atoms with Crippen LogP contribution in [0.2, 0.25) is 5.15 Å². The lowest BCUT2D eigenvalue weighted by atomic mass is 10.3. The summed E-state index contributed by atoms with van der Waals surface area (Å²) in [5, 5.41) is 0.540. The normalized spacial score (nSPS) is 15.3. The molecule has 1 aromatic rings. The van der Waals surface area contributed by atoms with E-state index in [0.717, 1.165) is 12.1 Å². The smallest absolute Gasteiger partial charge is 0.279 e. The Morgan fingerprint density at radius 1 is 1.39 bits per heavy atom. The van der Waals surface area contributed by atoms with E-state index in [1.54, 1.807) is 6.08 Å². The van der Waals surface area contributed by atoms with Crippen LogP contribution in [-0.4, -0.2) is 22.4 Å². The van der Waals surface area contributed by atoms with Gasteiger partial charge in [-0.3, -0.25) is 10.2 Å². The van der Waals surface area contributed by atoms with E-state index in [1.165, 1.54) is 11.1 Å². The SMILES string of the molecule is O=C1C=CCN1Nc1ccc(C(F)(F)F)c(Cl)n1. The van der Waals surface area contributed by atoms with Gasteiger partial charge in [-0.2, -0.15) is 13.2 Å². The molecule has 8 heteroatoms. The number of carbonyl (C=O) groups excluding carboxylic acids is 1. The molecule has 1 aliphatic rings. The Bertz CT molecular complexity index is 516. The third-order valence-electron chi connectivity index (χ3n) is 2.22. The highest BCUT2D eigenvalue weighted by atomic mass is 35.5. The van der Waals surface area contributed by atoms with Gasteiger partial charge >= 0.3 is 6.18 Å². The summed E-state index contributed by atoms with van der Waals surface area (Å²) >= 11 is 5.45. The molecular formula is C10H7ClF3N3O. The number of halogens is 4. The number of hydrogen-bond acceptors (Lipinski definition) is 3. The first-order valence-electron chi connectivity index (χ1n) is 4.86. The highest BCUT2D eigenvalue weighted by Crippen LogP contribution is 2.34. The zero-order chi connectivity index (χ0) is 13.3. The summed E-state index contributed by atoms with van der Waals surface area (Å²) in [6, 6.07) is 1.92. The van der Waals surface area contributed by atoms with Crippen molar-refractivity contribution in [3.63, 3.8) is 0 Å². The first kappa shape index (κ1) is 12.7. The van der Waals surface area contributed by atoms with Crippen LogP contribution < -0.4 is 5.43 Å². The van der Waals surface area contributed by atoms with Gasteiger partial charge in [-0.15, -0.1) is 0 Å². The number of alkyl halides is 3. The number of nitrogens with zero attached hydrogens (tertiary/aromatic N) is 2. The predicted octanol–water partition coefficient (Wildman–Crippen LogP) is 2.48. The van der Waals surface area contributed by atoms with Gasteiger partial charge in [-0.05, 0) is 12.1 Å². The molecule has 0 bridgehead atoms. The molecule has 0 radical (unpaired) electrons. The Balaban J connectivity index is 2.17. The number of nitrogens with one attached hydrogen (secondary N) is 1. The second-order valence-electron chi connectivity index (χ2n) is 3.50. The van der Waals surface area contributed by atoms with E-state index in [0.29, 0.717) is 6.54 Å². The molecule has 96 valence electrons. The summed E-state index contributed by atoms with van der Waals surface area (Å²) < 4.78 is 37.3. The van der Waals surface area contributed by atoms with Gasteiger partial charge in [0, 0.05) is 6.08 Å². The molecule has 1 amide bonds. The number of amides is 1. The first-order chi connectivity index (χ1) is 8.38. The van der Waals surface area contributed by atoms with Crippen LogP contribution in [0.4, 0.5) is 19.0 Å². The fraction of sp³-hybridized carbons (Fsp3) is 0.200. The Morgan fingerprint density at radius 2 is 2.11 bits per heavy atom. The molecule has 0 saturated heterocycles. The van der Waals surface area contributed by atoms with Crippen LogP contribution in [-0.2, 0) is 11.0 Å². The van der Waals surface area contributed by atoms with E-state index < -0.39 is 16.9 Å². The standard InChI is InChI=1S/C10H7ClF3N3O/c11-9-6(10(12,13)14)3-4-7(15-9)16-17-5-1-2-8(17)18/h1-4H,5H2,(H,15,16). The summed E-state index contributed by atoms with van der Waals surface area (Å²) in [5.74, 6) is -0.224. The minimum absolute atomic E-state index is 0.0741. The Morgan fingerprint density at radius 3 is 2.61 bits per heavy atom. The van der Waals surface area contributed by atoms with Crippen molar-refractivity contribution in [2.45, 2.75) is 6.18 Å². The molecular weight excluding hydrogens is 271 g/mol. The minimum Gasteiger partial charge on any atom is -0.279 e. The fourth-order valence-corrected chi connectivity index (χ4v) is 1.65. The van der Waals surface area contributed by atoms with E-state index in [-0.39, 0.29) is 11.7 Å². The Labute approximate surface area is 105 Å². The van der Waals surface area contributed by atoms with Crippen LogP contribution in [0.5, 0.6) is 0 Å². The summed E-state index contributed by atoms with van der Waals surface area (Å²) in [4.78, 5) is 14.8. The monoisotopic (exact) mass is 277 g/mol. The van der Waals surface area contributed by atoms with E-state index in [9.17, 15) is 18.0 Å². The lowest BCUT2D eigenvalue weighted by Gasteiger charge is -2.18. The molecule has 0 saturated carbocycles. The largest absolute Gasteiger partial charge is 0.419 e. The van der Waals surface area contributed by atoms with E-state index in [2.05, 4.69) is 10.4 Å². The number of pyridine rings is 1. The molecule has 0 spiro atoms. The summed E-state index contributed by atoms with van der Waals surface area (Å²) in [7, 11) is 0. The van der Waals surface area contributed by atoms with Crippen molar-refractivity contribution in [3.8, 4) is 0 Å². The van der Waals surface area contributed by atoms with Crippen molar-refractivity contribution in [2.24, 2.45) is 0 Å². The second-order valence-corrected chi connectivity index (χ2v) is 3.85. The van der Waals surface area contributed by atoms with Crippen LogP contribution in [0.15, 0.2) is 24.3 Å². The molecule has 0 unspecified atom stereocenters. The number of aromatic nitrogens is 1. The van der Waals surface area contributed by atoms with Crippen molar-refractivity contribution in [3.05, 3.63) is 35.0 Å². The van der Waals surface area contributed by atoms with Crippen LogP contribution in [0.3, 0.4) is 0 Å². The molecule has 1 N–H and O–H groups in total. The zero-order valence-corrected chi connectivity index (χ0v) is 9.59. The van der Waals surface area contributed by atoms with Crippen molar-refractivity contribution in [1.29, 1.82) is 0 Å². The molecule has 2 heterocycles. The maximum atomic E-state index is 12.4. The van der Waals surface area contributed by atoms with Crippen LogP contribution in [0, 0.1) is 0 Å². The molecule has 0 atom stereocenters. The van der Waals surface area contributed by atoms with Crippen LogP contribution >= 0.6 is 11.6 Å². The van der Waals surface area contributed by atoms with Gasteiger partial charge in [0.1, 0.15) is 11.0 Å².